The third-order valence-corrected chi connectivity index (χ3v) is 5.31. The minimum atomic E-state index is -0.957. The molecule has 9 heteroatoms. The number of nitrogens with zero attached hydrogens (tertiary/aromatic N) is 4. The molecule has 0 radical (unpaired) electrons. The van der Waals surface area contributed by atoms with Crippen LogP contribution in [0.4, 0.5) is 0 Å². The largest absolute Gasteiger partial charge is 0.390 e. The molecule has 1 amide bonds. The number of likely N-dealkylation sites (tertiary alicyclic amines) is 1. The summed E-state index contributed by atoms with van der Waals surface area (Å²) >= 11 is 5.59. The fraction of sp³-hybridized carbons (Fsp3) is 0.333. The van der Waals surface area contributed by atoms with E-state index in [0.29, 0.717) is 28.6 Å². The van der Waals surface area contributed by atoms with E-state index in [0.717, 1.165) is 5.56 Å². The average molecular weight is 385 g/mol. The third-order valence-electron chi connectivity index (χ3n) is 4.88. The molecule has 3 heterocycles. The predicted molar refractivity (Wildman–Crippen MR) is 101 cm³/mol. The van der Waals surface area contributed by atoms with Crippen molar-refractivity contribution >= 4 is 29.2 Å². The molecule has 0 aliphatic carbocycles. The number of nitrogens with one attached hydrogen (secondary N) is 1. The van der Waals surface area contributed by atoms with Crippen LogP contribution in [0.15, 0.2) is 42.9 Å². The zero-order valence-corrected chi connectivity index (χ0v) is 15.2. The van der Waals surface area contributed by atoms with Gasteiger partial charge in [-0.15, -0.1) is 0 Å². The zero-order valence-electron chi connectivity index (χ0n) is 14.4. The van der Waals surface area contributed by atoms with E-state index < -0.39 is 18.2 Å². The summed E-state index contributed by atoms with van der Waals surface area (Å²) in [4.78, 5) is 19.3. The number of benzene rings is 1. The van der Waals surface area contributed by atoms with Gasteiger partial charge in [-0.3, -0.25) is 9.89 Å². The Balaban J connectivity index is 1.79. The molecule has 0 bridgehead atoms. The Morgan fingerprint density at radius 3 is 2.78 bits per heavy atom. The summed E-state index contributed by atoms with van der Waals surface area (Å²) in [5, 5.41) is 27.1. The van der Waals surface area contributed by atoms with Gasteiger partial charge in [0.05, 0.1) is 30.1 Å². The fourth-order valence-electron chi connectivity index (χ4n) is 3.38. The topological polar surface area (TPSA) is 107 Å². The Bertz CT molecular complexity index is 1020. The first-order chi connectivity index (χ1) is 13.1. The molecule has 1 saturated heterocycles. The lowest BCUT2D eigenvalue weighted by molar-refractivity contribution is -0.140. The lowest BCUT2D eigenvalue weighted by Crippen LogP contribution is -2.51. The molecule has 3 N–H and O–H groups in total. The summed E-state index contributed by atoms with van der Waals surface area (Å²) in [7, 11) is 0. The predicted octanol–water partition coefficient (Wildman–Crippen LogP) is 1.03. The number of hydrogen-bond acceptors (Lipinski definition) is 6. The number of amides is 1. The van der Waals surface area contributed by atoms with Crippen molar-refractivity contribution in [2.24, 2.45) is 0 Å². The highest BCUT2D eigenvalue weighted by atomic mass is 32.1. The summed E-state index contributed by atoms with van der Waals surface area (Å²) in [6.45, 7) is 0.452. The van der Waals surface area contributed by atoms with E-state index in [1.807, 2.05) is 30.3 Å². The SMILES string of the molecule is O=C(C(c1ccccc1)n1cnc2[nH]ncc2c1=S)N1CC[C@@H](O)[C@@H](O)C1. The van der Waals surface area contributed by atoms with Crippen molar-refractivity contribution in [2.75, 3.05) is 13.1 Å². The Hall–Kier alpha value is -2.62. The molecule has 1 unspecified atom stereocenters. The van der Waals surface area contributed by atoms with E-state index in [1.54, 1.807) is 15.7 Å². The molecule has 0 saturated carbocycles. The second-order valence-electron chi connectivity index (χ2n) is 6.61. The number of hydrogen-bond donors (Lipinski definition) is 3. The zero-order chi connectivity index (χ0) is 19.0. The molecule has 140 valence electrons. The number of β-amino-alcohol motifs (C(OH)–C–C–N with tert-alkyl or cyclic N) is 1. The van der Waals surface area contributed by atoms with E-state index >= 15 is 0 Å². The molecule has 27 heavy (non-hydrogen) atoms. The van der Waals surface area contributed by atoms with Gasteiger partial charge in [0.15, 0.2) is 5.65 Å². The monoisotopic (exact) mass is 385 g/mol. The van der Waals surface area contributed by atoms with Crippen molar-refractivity contribution in [3.05, 3.63) is 53.1 Å². The Morgan fingerprint density at radius 1 is 1.26 bits per heavy atom. The van der Waals surface area contributed by atoms with Crippen LogP contribution in [0.3, 0.4) is 0 Å². The van der Waals surface area contributed by atoms with Gasteiger partial charge in [0.1, 0.15) is 10.7 Å². The number of aromatic amines is 1. The molecule has 1 aromatic carbocycles. The van der Waals surface area contributed by atoms with Crippen LogP contribution in [0.1, 0.15) is 18.0 Å². The number of rotatable bonds is 3. The van der Waals surface area contributed by atoms with Crippen molar-refractivity contribution in [1.82, 2.24) is 24.6 Å². The van der Waals surface area contributed by atoms with Gasteiger partial charge in [0.25, 0.3) is 0 Å². The van der Waals surface area contributed by atoms with E-state index in [-0.39, 0.29) is 12.5 Å². The molecule has 3 atom stereocenters. The highest BCUT2D eigenvalue weighted by molar-refractivity contribution is 7.71. The summed E-state index contributed by atoms with van der Waals surface area (Å²) in [5.74, 6) is -0.201. The van der Waals surface area contributed by atoms with Gasteiger partial charge in [-0.25, -0.2) is 4.98 Å². The van der Waals surface area contributed by atoms with Gasteiger partial charge >= 0.3 is 0 Å². The quantitative estimate of drug-likeness (QED) is 0.582. The van der Waals surface area contributed by atoms with Crippen LogP contribution >= 0.6 is 12.2 Å². The molecule has 4 rings (SSSR count). The van der Waals surface area contributed by atoms with E-state index in [9.17, 15) is 15.0 Å². The number of aromatic nitrogens is 4. The third kappa shape index (κ3) is 3.25. The molecule has 2 aromatic heterocycles. The number of piperidine rings is 1. The van der Waals surface area contributed by atoms with Gasteiger partial charge in [0.2, 0.25) is 5.91 Å². The summed E-state index contributed by atoms with van der Waals surface area (Å²) in [5.41, 5.74) is 1.33. The lowest BCUT2D eigenvalue weighted by Gasteiger charge is -2.36. The number of carbonyl (C=O) groups is 1. The van der Waals surface area contributed by atoms with Gasteiger partial charge in [-0.05, 0) is 12.0 Å². The van der Waals surface area contributed by atoms with Crippen LogP contribution in [0.25, 0.3) is 11.0 Å². The van der Waals surface area contributed by atoms with Crippen LogP contribution in [0, 0.1) is 4.64 Å². The summed E-state index contributed by atoms with van der Waals surface area (Å²) in [6.07, 6.45) is 1.69. The molecular formula is C18H19N5O3S. The fourth-order valence-corrected chi connectivity index (χ4v) is 3.68. The minimum absolute atomic E-state index is 0.0814. The van der Waals surface area contributed by atoms with Crippen molar-refractivity contribution < 1.29 is 15.0 Å². The van der Waals surface area contributed by atoms with E-state index in [2.05, 4.69) is 15.2 Å². The second-order valence-corrected chi connectivity index (χ2v) is 7.00. The van der Waals surface area contributed by atoms with Gasteiger partial charge in [0, 0.05) is 13.1 Å². The molecule has 1 aliphatic rings. The normalized spacial score (nSPS) is 21.3. The molecular weight excluding hydrogens is 366 g/mol. The number of H-pyrrole nitrogens is 1. The standard InChI is InChI=1S/C18H19N5O3S/c24-13-6-7-22(9-14(13)25)17(26)15(11-4-2-1-3-5-11)23-10-19-16-12(18(23)27)8-20-21-16/h1-5,8,10,13-15,24-25H,6-7,9H2,(H,20,21)/t13-,14+,15?/m1/s1. The Labute approximate surface area is 160 Å². The van der Waals surface area contributed by atoms with Crippen molar-refractivity contribution in [3.63, 3.8) is 0 Å². The molecule has 3 aromatic rings. The van der Waals surface area contributed by atoms with Crippen LogP contribution in [0.2, 0.25) is 0 Å². The highest BCUT2D eigenvalue weighted by Crippen LogP contribution is 2.25. The molecule has 1 fully saturated rings. The first kappa shape index (κ1) is 17.8. The molecule has 1 aliphatic heterocycles. The van der Waals surface area contributed by atoms with Crippen molar-refractivity contribution in [2.45, 2.75) is 24.7 Å². The van der Waals surface area contributed by atoms with Crippen LogP contribution in [0.5, 0.6) is 0 Å². The van der Waals surface area contributed by atoms with Gasteiger partial charge < -0.3 is 19.7 Å². The maximum Gasteiger partial charge on any atom is 0.250 e. The molecule has 8 nitrogen and oxygen atoms in total. The maximum absolute atomic E-state index is 13.4. The van der Waals surface area contributed by atoms with Gasteiger partial charge in [-0.1, -0.05) is 42.5 Å². The maximum atomic E-state index is 13.4. The number of aliphatic hydroxyl groups is 2. The smallest absolute Gasteiger partial charge is 0.250 e. The highest BCUT2D eigenvalue weighted by Gasteiger charge is 2.34. The summed E-state index contributed by atoms with van der Waals surface area (Å²) < 4.78 is 2.11. The second kappa shape index (κ2) is 7.18. The van der Waals surface area contributed by atoms with Crippen LogP contribution < -0.4 is 0 Å². The van der Waals surface area contributed by atoms with E-state index in [1.165, 1.54) is 6.33 Å². The first-order valence-electron chi connectivity index (χ1n) is 8.66. The number of carbonyl (C=O) groups excluding carboxylic acids is 1. The first-order valence-corrected chi connectivity index (χ1v) is 9.07. The average Bonchev–Trinajstić information content (AvgIpc) is 3.16. The number of fused-ring (bicyclic) bond motifs is 1. The van der Waals surface area contributed by atoms with Crippen LogP contribution in [-0.4, -0.2) is 66.1 Å². The van der Waals surface area contributed by atoms with Crippen molar-refractivity contribution in [1.29, 1.82) is 0 Å². The number of aliphatic hydroxyl groups excluding tert-OH is 2. The van der Waals surface area contributed by atoms with Gasteiger partial charge in [-0.2, -0.15) is 5.10 Å². The van der Waals surface area contributed by atoms with E-state index in [4.69, 9.17) is 12.2 Å². The van der Waals surface area contributed by atoms with Crippen LogP contribution in [-0.2, 0) is 4.79 Å². The van der Waals surface area contributed by atoms with Crippen molar-refractivity contribution in [3.8, 4) is 0 Å². The summed E-state index contributed by atoms with van der Waals surface area (Å²) in [6, 6.07) is 8.60. The Morgan fingerprint density at radius 2 is 2.04 bits per heavy atom. The minimum Gasteiger partial charge on any atom is -0.390 e. The molecule has 0 spiro atoms. The Kier molecular flexibility index (Phi) is 4.73. The lowest BCUT2D eigenvalue weighted by atomic mass is 10.0.